The van der Waals surface area contributed by atoms with Gasteiger partial charge in [-0.2, -0.15) is 0 Å². The van der Waals surface area contributed by atoms with Crippen molar-refractivity contribution in [2.45, 2.75) is 354 Å². The fraction of sp³-hybridized carbons (Fsp3) is 0.831. The maximum Gasteiger partial charge on any atom is 0.472 e. The number of phosphoric ester groups is 1. The van der Waals surface area contributed by atoms with Gasteiger partial charge in [-0.05, 0) is 77.0 Å². The van der Waals surface area contributed by atoms with Gasteiger partial charge in [0.05, 0.1) is 13.2 Å². The summed E-state index contributed by atoms with van der Waals surface area (Å²) >= 11 is 0. The van der Waals surface area contributed by atoms with Crippen molar-refractivity contribution in [2.75, 3.05) is 26.4 Å². The van der Waals surface area contributed by atoms with Crippen molar-refractivity contribution in [3.05, 3.63) is 60.8 Å². The Hall–Kier alpha value is -2.29. The van der Waals surface area contributed by atoms with Gasteiger partial charge in [-0.15, -0.1) is 0 Å². The number of hydrogen-bond acceptors (Lipinski definition) is 8. The third-order valence-electron chi connectivity index (χ3n) is 15.4. The SMILES string of the molecule is CC/C=C\C/C=C\C/C=C\C/C=C\CCCCCCCCCCCCC(=O)OC(COC(=O)CCCCCCCCCCCCCCCCCCCCCCCCCCC/C=C\CCCCCCCCCC)COP(=O)(O)OCCN. The summed E-state index contributed by atoms with van der Waals surface area (Å²) in [7, 11) is -4.39. The molecule has 0 bridgehead atoms. The van der Waals surface area contributed by atoms with Gasteiger partial charge in [-0.3, -0.25) is 18.6 Å². The molecular formula is C71H132NO8P. The number of ether oxygens (including phenoxy) is 2. The second-order valence-electron chi connectivity index (χ2n) is 23.4. The van der Waals surface area contributed by atoms with Crippen LogP contribution < -0.4 is 5.73 Å². The minimum absolute atomic E-state index is 0.0524. The monoisotopic (exact) mass is 1160 g/mol. The van der Waals surface area contributed by atoms with Gasteiger partial charge in [-0.25, -0.2) is 4.57 Å². The predicted molar refractivity (Wildman–Crippen MR) is 349 cm³/mol. The Bertz CT molecular complexity index is 1510. The molecule has 0 aromatic carbocycles. The average Bonchev–Trinajstić information content (AvgIpc) is 3.46. The number of carbonyl (C=O) groups excluding carboxylic acids is 2. The average molecular weight is 1160 g/mol. The van der Waals surface area contributed by atoms with E-state index in [1.54, 1.807) is 0 Å². The molecule has 474 valence electrons. The number of hydrogen-bond donors (Lipinski definition) is 2. The fourth-order valence-electron chi connectivity index (χ4n) is 10.3. The lowest BCUT2D eigenvalue weighted by Crippen LogP contribution is -2.29. The van der Waals surface area contributed by atoms with Crippen LogP contribution in [-0.2, 0) is 32.7 Å². The quantitative estimate of drug-likeness (QED) is 0.0264. The molecule has 0 saturated heterocycles. The van der Waals surface area contributed by atoms with Crippen LogP contribution in [0.2, 0.25) is 0 Å². The molecule has 0 aliphatic carbocycles. The lowest BCUT2D eigenvalue weighted by Gasteiger charge is -2.19. The first-order valence-electron chi connectivity index (χ1n) is 34.8. The maximum atomic E-state index is 12.7. The van der Waals surface area contributed by atoms with Gasteiger partial charge >= 0.3 is 19.8 Å². The second-order valence-corrected chi connectivity index (χ2v) is 24.8. The smallest absolute Gasteiger partial charge is 0.462 e. The number of esters is 2. The zero-order valence-electron chi connectivity index (χ0n) is 53.3. The summed E-state index contributed by atoms with van der Waals surface area (Å²) in [6, 6.07) is 0. The van der Waals surface area contributed by atoms with E-state index in [4.69, 9.17) is 24.3 Å². The molecular weight excluding hydrogens is 1030 g/mol. The zero-order chi connectivity index (χ0) is 58.7. The molecule has 2 unspecified atom stereocenters. The van der Waals surface area contributed by atoms with Crippen LogP contribution in [0.25, 0.3) is 0 Å². The molecule has 0 fully saturated rings. The first kappa shape index (κ1) is 78.7. The summed E-state index contributed by atoms with van der Waals surface area (Å²) in [6.45, 7) is 3.68. The van der Waals surface area contributed by atoms with Crippen molar-refractivity contribution >= 4 is 19.8 Å². The molecule has 10 heteroatoms. The van der Waals surface area contributed by atoms with Gasteiger partial charge in [0.25, 0.3) is 0 Å². The Morgan fingerprint density at radius 1 is 0.383 bits per heavy atom. The van der Waals surface area contributed by atoms with Gasteiger partial charge in [0, 0.05) is 19.4 Å². The van der Waals surface area contributed by atoms with Crippen molar-refractivity contribution in [2.24, 2.45) is 5.73 Å². The highest BCUT2D eigenvalue weighted by Gasteiger charge is 2.26. The lowest BCUT2D eigenvalue weighted by atomic mass is 10.0. The van der Waals surface area contributed by atoms with Crippen LogP contribution in [0.1, 0.15) is 348 Å². The summed E-state index contributed by atoms with van der Waals surface area (Å²) in [5.41, 5.74) is 5.40. The van der Waals surface area contributed by atoms with E-state index >= 15 is 0 Å². The van der Waals surface area contributed by atoms with E-state index in [9.17, 15) is 19.0 Å². The van der Waals surface area contributed by atoms with E-state index in [2.05, 4.69) is 74.6 Å². The van der Waals surface area contributed by atoms with E-state index in [-0.39, 0.29) is 38.6 Å². The van der Waals surface area contributed by atoms with E-state index < -0.39 is 26.5 Å². The Labute approximate surface area is 501 Å². The zero-order valence-corrected chi connectivity index (χ0v) is 54.2. The highest BCUT2D eigenvalue weighted by molar-refractivity contribution is 7.47. The molecule has 0 aliphatic heterocycles. The van der Waals surface area contributed by atoms with Crippen LogP contribution in [0.3, 0.4) is 0 Å². The molecule has 0 rings (SSSR count). The molecule has 0 aromatic heterocycles. The number of allylic oxidation sites excluding steroid dienone is 10. The molecule has 3 N–H and O–H groups in total. The minimum Gasteiger partial charge on any atom is -0.462 e. The van der Waals surface area contributed by atoms with Crippen LogP contribution in [0, 0.1) is 0 Å². The normalized spacial score (nSPS) is 13.3. The standard InChI is InChI=1S/C71H132NO8P/c1-3-5-7-9-11-13-15-17-19-21-23-25-27-28-29-30-31-32-33-34-35-36-37-38-39-40-42-43-45-47-49-51-53-55-57-59-61-63-70(73)77-67-69(68-79-81(75,76)78-66-65-72)80-71(74)64-62-60-58-56-54-52-50-48-46-44-41-26-24-22-20-18-16-14-12-10-8-6-4-2/h6,8,12,14,18,20-21,23-24,26,69H,3-5,7,9-11,13,15-17,19,22,25,27-68,72H2,1-2H3,(H,75,76)/b8-6-,14-12-,20-18-,23-21-,26-24-. The third-order valence-corrected chi connectivity index (χ3v) is 16.4. The summed E-state index contributed by atoms with van der Waals surface area (Å²) in [6.07, 6.45) is 86.1. The molecule has 0 saturated carbocycles. The van der Waals surface area contributed by atoms with Crippen LogP contribution in [0.4, 0.5) is 0 Å². The lowest BCUT2D eigenvalue weighted by molar-refractivity contribution is -0.161. The van der Waals surface area contributed by atoms with Crippen LogP contribution in [0.15, 0.2) is 60.8 Å². The highest BCUT2D eigenvalue weighted by atomic mass is 31.2. The topological polar surface area (TPSA) is 134 Å². The van der Waals surface area contributed by atoms with Gasteiger partial charge in [-0.1, -0.05) is 319 Å². The Morgan fingerprint density at radius 2 is 0.679 bits per heavy atom. The van der Waals surface area contributed by atoms with Crippen molar-refractivity contribution in [3.63, 3.8) is 0 Å². The van der Waals surface area contributed by atoms with Gasteiger partial charge in [0.1, 0.15) is 6.61 Å². The molecule has 2 atom stereocenters. The number of nitrogens with two attached hydrogens (primary N) is 1. The Morgan fingerprint density at radius 3 is 1.02 bits per heavy atom. The van der Waals surface area contributed by atoms with Crippen molar-refractivity contribution in [1.82, 2.24) is 0 Å². The van der Waals surface area contributed by atoms with E-state index in [1.807, 2.05) is 0 Å². The second kappa shape index (κ2) is 66.8. The summed E-state index contributed by atoms with van der Waals surface area (Å²) in [5, 5.41) is 0. The molecule has 0 aliphatic rings. The summed E-state index contributed by atoms with van der Waals surface area (Å²) in [4.78, 5) is 35.3. The molecule has 0 heterocycles. The number of phosphoric acid groups is 1. The first-order valence-corrected chi connectivity index (χ1v) is 36.3. The first-order chi connectivity index (χ1) is 39.8. The van der Waals surface area contributed by atoms with E-state index in [0.717, 1.165) is 70.6 Å². The third kappa shape index (κ3) is 66.7. The van der Waals surface area contributed by atoms with Crippen molar-refractivity contribution in [3.8, 4) is 0 Å². The van der Waals surface area contributed by atoms with Gasteiger partial charge in [0.2, 0.25) is 0 Å². The fourth-order valence-corrected chi connectivity index (χ4v) is 11.0. The van der Waals surface area contributed by atoms with Crippen molar-refractivity contribution < 1.29 is 37.6 Å². The Balaban J connectivity index is 3.79. The molecule has 0 amide bonds. The Kier molecular flexibility index (Phi) is 65.0. The van der Waals surface area contributed by atoms with Crippen LogP contribution in [0.5, 0.6) is 0 Å². The highest BCUT2D eigenvalue weighted by Crippen LogP contribution is 2.43. The maximum absolute atomic E-state index is 12.7. The number of unbranched alkanes of at least 4 members (excludes halogenated alkanes) is 43. The molecule has 0 aromatic rings. The summed E-state index contributed by atoms with van der Waals surface area (Å²) < 4.78 is 33.2. The molecule has 0 spiro atoms. The largest absolute Gasteiger partial charge is 0.472 e. The van der Waals surface area contributed by atoms with Gasteiger partial charge in [0.15, 0.2) is 6.10 Å². The van der Waals surface area contributed by atoms with Crippen LogP contribution in [-0.4, -0.2) is 49.3 Å². The van der Waals surface area contributed by atoms with Crippen LogP contribution >= 0.6 is 7.82 Å². The minimum atomic E-state index is -4.39. The molecule has 0 radical (unpaired) electrons. The summed E-state index contributed by atoms with van der Waals surface area (Å²) in [5.74, 6) is -0.818. The van der Waals surface area contributed by atoms with Crippen molar-refractivity contribution in [1.29, 1.82) is 0 Å². The van der Waals surface area contributed by atoms with E-state index in [0.29, 0.717) is 6.42 Å². The predicted octanol–water partition coefficient (Wildman–Crippen LogP) is 22.6. The molecule has 9 nitrogen and oxygen atoms in total. The van der Waals surface area contributed by atoms with E-state index in [1.165, 1.54) is 244 Å². The number of carbonyl (C=O) groups is 2. The molecule has 81 heavy (non-hydrogen) atoms. The number of rotatable bonds is 66. The van der Waals surface area contributed by atoms with Gasteiger partial charge < -0.3 is 20.1 Å².